The average Bonchev–Trinajstić information content (AvgIpc) is 2.68. The summed E-state index contributed by atoms with van der Waals surface area (Å²) < 4.78 is 5.08. The number of aromatic nitrogens is 1. The lowest BCUT2D eigenvalue weighted by atomic mass is 10.1. The maximum Gasteiger partial charge on any atom is 0.328 e. The van der Waals surface area contributed by atoms with Crippen LogP contribution in [0.5, 0.6) is 0 Å². The predicted octanol–water partition coefficient (Wildman–Crippen LogP) is 4.05. The van der Waals surface area contributed by atoms with Crippen LogP contribution < -0.4 is 0 Å². The summed E-state index contributed by atoms with van der Waals surface area (Å²) in [5.74, 6) is -0.569. The van der Waals surface area contributed by atoms with Crippen molar-refractivity contribution in [1.29, 1.82) is 0 Å². The summed E-state index contributed by atoms with van der Waals surface area (Å²) in [6.07, 6.45) is 2.41. The summed E-state index contributed by atoms with van der Waals surface area (Å²) >= 11 is 12.2. The minimum absolute atomic E-state index is 0.422. The van der Waals surface area contributed by atoms with Gasteiger partial charge in [-0.1, -0.05) is 34.4 Å². The number of rotatable bonds is 3. The van der Waals surface area contributed by atoms with Crippen LogP contribution >= 0.6 is 23.2 Å². The second-order valence-corrected chi connectivity index (χ2v) is 4.58. The molecule has 0 radical (unpaired) electrons. The summed E-state index contributed by atoms with van der Waals surface area (Å²) in [4.78, 5) is 10.6. The zero-order valence-corrected chi connectivity index (χ0v) is 11.4. The molecule has 4 nitrogen and oxygen atoms in total. The molecule has 0 saturated carbocycles. The molecule has 1 heterocycles. The Hall–Kier alpha value is -1.78. The molecule has 0 atom stereocenters. The van der Waals surface area contributed by atoms with Gasteiger partial charge in [0.25, 0.3) is 0 Å². The minimum Gasteiger partial charge on any atom is -0.478 e. The zero-order chi connectivity index (χ0) is 14.0. The van der Waals surface area contributed by atoms with Crippen molar-refractivity contribution in [2.45, 2.75) is 6.92 Å². The lowest BCUT2D eigenvalue weighted by molar-refractivity contribution is -0.131. The van der Waals surface area contributed by atoms with E-state index >= 15 is 0 Å². The number of benzene rings is 1. The van der Waals surface area contributed by atoms with Gasteiger partial charge < -0.3 is 9.63 Å². The second kappa shape index (κ2) is 5.47. The van der Waals surface area contributed by atoms with Gasteiger partial charge in [0.05, 0.1) is 10.0 Å². The molecule has 0 unspecified atom stereocenters. The quantitative estimate of drug-likeness (QED) is 0.868. The Bertz CT molecular complexity index is 642. The zero-order valence-electron chi connectivity index (χ0n) is 9.85. The summed E-state index contributed by atoms with van der Waals surface area (Å²) in [6.45, 7) is 1.68. The molecule has 0 aliphatic heterocycles. The van der Waals surface area contributed by atoms with Crippen molar-refractivity contribution >= 4 is 35.2 Å². The lowest BCUT2D eigenvalue weighted by Crippen LogP contribution is -1.88. The molecule has 0 aliphatic rings. The molecule has 0 amide bonds. The van der Waals surface area contributed by atoms with E-state index in [2.05, 4.69) is 5.16 Å². The third-order valence-electron chi connectivity index (χ3n) is 2.50. The molecule has 1 N–H and O–H groups in total. The Morgan fingerprint density at radius 3 is 2.58 bits per heavy atom. The number of nitrogens with zero attached hydrogens (tertiary/aromatic N) is 1. The van der Waals surface area contributed by atoms with Crippen LogP contribution in [0.25, 0.3) is 17.3 Å². The van der Waals surface area contributed by atoms with Crippen molar-refractivity contribution in [3.63, 3.8) is 0 Å². The number of aliphatic carboxylic acids is 1. The van der Waals surface area contributed by atoms with E-state index in [0.717, 1.165) is 6.08 Å². The molecular formula is C13H9Cl2NO3. The summed E-state index contributed by atoms with van der Waals surface area (Å²) in [7, 11) is 0. The molecule has 0 bridgehead atoms. The van der Waals surface area contributed by atoms with Crippen molar-refractivity contribution in [3.8, 4) is 11.3 Å². The van der Waals surface area contributed by atoms with E-state index in [1.54, 1.807) is 25.1 Å². The van der Waals surface area contributed by atoms with Gasteiger partial charge in [0.1, 0.15) is 11.5 Å². The van der Waals surface area contributed by atoms with Crippen LogP contribution in [0.15, 0.2) is 28.8 Å². The fourth-order valence-electron chi connectivity index (χ4n) is 1.63. The Labute approximate surface area is 119 Å². The molecule has 0 spiro atoms. The smallest absolute Gasteiger partial charge is 0.328 e. The predicted molar refractivity (Wildman–Crippen MR) is 73.4 cm³/mol. The monoisotopic (exact) mass is 297 g/mol. The highest BCUT2D eigenvalue weighted by Gasteiger charge is 2.18. The first-order valence-electron chi connectivity index (χ1n) is 5.32. The van der Waals surface area contributed by atoms with E-state index < -0.39 is 5.97 Å². The molecule has 0 fully saturated rings. The number of hydrogen-bond donors (Lipinski definition) is 1. The van der Waals surface area contributed by atoms with E-state index in [-0.39, 0.29) is 0 Å². The number of aryl methyl sites for hydroxylation is 1. The molecular weight excluding hydrogens is 289 g/mol. The first-order valence-corrected chi connectivity index (χ1v) is 6.08. The standard InChI is InChI=1S/C13H9Cl2NO3/c1-7-8(5-6-11(17)18)13(16-19-7)12-9(14)3-2-4-10(12)15/h2-6H,1H3,(H,17,18)/b6-5-. The lowest BCUT2D eigenvalue weighted by Gasteiger charge is -2.04. The maximum atomic E-state index is 10.6. The van der Waals surface area contributed by atoms with E-state index in [1.807, 2.05) is 0 Å². The van der Waals surface area contributed by atoms with Crippen LogP contribution in [0.3, 0.4) is 0 Å². The van der Waals surface area contributed by atoms with Gasteiger partial charge in [-0.25, -0.2) is 4.79 Å². The molecule has 0 saturated heterocycles. The van der Waals surface area contributed by atoms with Gasteiger partial charge in [-0.3, -0.25) is 0 Å². The van der Waals surface area contributed by atoms with Crippen LogP contribution in [-0.4, -0.2) is 16.2 Å². The SMILES string of the molecule is Cc1onc(-c2c(Cl)cccc2Cl)c1/C=C\C(=O)O. The van der Waals surface area contributed by atoms with Crippen molar-refractivity contribution in [2.24, 2.45) is 0 Å². The van der Waals surface area contributed by atoms with Gasteiger partial charge in [0.15, 0.2) is 0 Å². The molecule has 2 rings (SSSR count). The summed E-state index contributed by atoms with van der Waals surface area (Å²) in [5, 5.41) is 13.4. The third-order valence-corrected chi connectivity index (χ3v) is 3.13. The number of carboxylic acids is 1. The Morgan fingerprint density at radius 1 is 1.37 bits per heavy atom. The van der Waals surface area contributed by atoms with Crippen LogP contribution in [0.4, 0.5) is 0 Å². The van der Waals surface area contributed by atoms with Crippen molar-refractivity contribution in [2.75, 3.05) is 0 Å². The van der Waals surface area contributed by atoms with Crippen molar-refractivity contribution < 1.29 is 14.4 Å². The highest BCUT2D eigenvalue weighted by molar-refractivity contribution is 6.39. The van der Waals surface area contributed by atoms with E-state index in [0.29, 0.717) is 32.6 Å². The molecule has 2 aromatic rings. The molecule has 1 aromatic carbocycles. The maximum absolute atomic E-state index is 10.6. The molecule has 1 aromatic heterocycles. The highest BCUT2D eigenvalue weighted by atomic mass is 35.5. The molecule has 6 heteroatoms. The summed E-state index contributed by atoms with van der Waals surface area (Å²) in [5.41, 5.74) is 1.48. The van der Waals surface area contributed by atoms with Crippen molar-refractivity contribution in [1.82, 2.24) is 5.16 Å². The van der Waals surface area contributed by atoms with Gasteiger partial charge in [-0.2, -0.15) is 0 Å². The third kappa shape index (κ3) is 2.80. The minimum atomic E-state index is -1.06. The first-order chi connectivity index (χ1) is 9.00. The van der Waals surface area contributed by atoms with E-state index in [9.17, 15) is 4.79 Å². The molecule has 98 valence electrons. The van der Waals surface area contributed by atoms with Gasteiger partial charge in [0, 0.05) is 17.2 Å². The van der Waals surface area contributed by atoms with Crippen LogP contribution in [0, 0.1) is 6.92 Å². The fourth-order valence-corrected chi connectivity index (χ4v) is 2.21. The number of hydrogen-bond acceptors (Lipinski definition) is 3. The first kappa shape index (κ1) is 13.6. The average molecular weight is 298 g/mol. The van der Waals surface area contributed by atoms with Crippen LogP contribution in [-0.2, 0) is 4.79 Å². The van der Waals surface area contributed by atoms with Crippen molar-refractivity contribution in [3.05, 3.63) is 45.6 Å². The van der Waals surface area contributed by atoms with E-state index in [4.69, 9.17) is 32.8 Å². The summed E-state index contributed by atoms with van der Waals surface area (Å²) in [6, 6.07) is 5.07. The van der Waals surface area contributed by atoms with Crippen LogP contribution in [0.2, 0.25) is 10.0 Å². The van der Waals surface area contributed by atoms with E-state index in [1.165, 1.54) is 6.08 Å². The topological polar surface area (TPSA) is 63.3 Å². The Morgan fingerprint density at radius 2 is 2.00 bits per heavy atom. The second-order valence-electron chi connectivity index (χ2n) is 3.77. The number of carbonyl (C=O) groups is 1. The van der Waals surface area contributed by atoms with Gasteiger partial charge in [-0.15, -0.1) is 0 Å². The Kier molecular flexibility index (Phi) is 3.93. The van der Waals surface area contributed by atoms with Gasteiger partial charge in [-0.05, 0) is 25.1 Å². The normalized spacial score (nSPS) is 11.1. The highest BCUT2D eigenvalue weighted by Crippen LogP contribution is 2.37. The largest absolute Gasteiger partial charge is 0.478 e. The van der Waals surface area contributed by atoms with Gasteiger partial charge >= 0.3 is 5.97 Å². The number of halogens is 2. The van der Waals surface area contributed by atoms with Crippen LogP contribution in [0.1, 0.15) is 11.3 Å². The van der Waals surface area contributed by atoms with Gasteiger partial charge in [0.2, 0.25) is 0 Å². The number of carboxylic acid groups (broad SMARTS) is 1. The molecule has 19 heavy (non-hydrogen) atoms. The molecule has 0 aliphatic carbocycles. The Balaban J connectivity index is 2.61. The fraction of sp³-hybridized carbons (Fsp3) is 0.0769.